The van der Waals surface area contributed by atoms with Gasteiger partial charge in [0.25, 0.3) is 0 Å². The van der Waals surface area contributed by atoms with Crippen LogP contribution in [-0.4, -0.2) is 37.3 Å². The SMILES string of the molecule is CCn1c(-c2cn(CCOC(C)C)nn2)nc2ccccc21. The first kappa shape index (κ1) is 14.7. The molecule has 0 radical (unpaired) electrons. The molecule has 0 N–H and O–H groups in total. The summed E-state index contributed by atoms with van der Waals surface area (Å²) in [6.07, 6.45) is 2.16. The van der Waals surface area contributed by atoms with Crippen LogP contribution < -0.4 is 0 Å². The highest BCUT2D eigenvalue weighted by Gasteiger charge is 2.14. The summed E-state index contributed by atoms with van der Waals surface area (Å²) in [6, 6.07) is 8.13. The Morgan fingerprint density at radius 1 is 1.23 bits per heavy atom. The quantitative estimate of drug-likeness (QED) is 0.702. The monoisotopic (exact) mass is 299 g/mol. The zero-order valence-corrected chi connectivity index (χ0v) is 13.2. The third kappa shape index (κ3) is 2.87. The minimum absolute atomic E-state index is 0.229. The fourth-order valence-corrected chi connectivity index (χ4v) is 2.48. The third-order valence-electron chi connectivity index (χ3n) is 3.51. The number of para-hydroxylation sites is 2. The normalized spacial score (nSPS) is 11.6. The molecule has 0 spiro atoms. The van der Waals surface area contributed by atoms with Crippen LogP contribution in [0.25, 0.3) is 22.6 Å². The maximum Gasteiger partial charge on any atom is 0.163 e. The molecular formula is C16H21N5O. The van der Waals surface area contributed by atoms with Crippen molar-refractivity contribution in [2.24, 2.45) is 0 Å². The number of nitrogens with zero attached hydrogens (tertiary/aromatic N) is 5. The first-order valence-electron chi connectivity index (χ1n) is 7.66. The van der Waals surface area contributed by atoms with Crippen molar-refractivity contribution >= 4 is 11.0 Å². The zero-order chi connectivity index (χ0) is 15.5. The molecule has 0 unspecified atom stereocenters. The van der Waals surface area contributed by atoms with E-state index in [-0.39, 0.29) is 6.10 Å². The molecule has 0 amide bonds. The molecule has 0 aliphatic heterocycles. The molecule has 0 fully saturated rings. The van der Waals surface area contributed by atoms with Crippen molar-refractivity contribution in [1.82, 2.24) is 24.5 Å². The molecule has 6 nitrogen and oxygen atoms in total. The van der Waals surface area contributed by atoms with E-state index in [9.17, 15) is 0 Å². The van der Waals surface area contributed by atoms with Crippen LogP contribution in [0.2, 0.25) is 0 Å². The molecule has 0 saturated carbocycles. The van der Waals surface area contributed by atoms with E-state index in [0.717, 1.165) is 29.1 Å². The van der Waals surface area contributed by atoms with Crippen LogP contribution in [0.15, 0.2) is 30.5 Å². The van der Waals surface area contributed by atoms with Gasteiger partial charge in [0.05, 0.1) is 36.5 Å². The van der Waals surface area contributed by atoms with Gasteiger partial charge >= 0.3 is 0 Å². The number of aromatic nitrogens is 5. The van der Waals surface area contributed by atoms with E-state index < -0.39 is 0 Å². The molecule has 0 atom stereocenters. The highest BCUT2D eigenvalue weighted by molar-refractivity contribution is 5.79. The molecule has 0 bridgehead atoms. The van der Waals surface area contributed by atoms with Crippen LogP contribution in [0.5, 0.6) is 0 Å². The molecule has 0 aliphatic carbocycles. The second-order valence-electron chi connectivity index (χ2n) is 5.45. The predicted octanol–water partition coefficient (Wildman–Crippen LogP) is 2.74. The summed E-state index contributed by atoms with van der Waals surface area (Å²) in [5.74, 6) is 0.861. The highest BCUT2D eigenvalue weighted by Crippen LogP contribution is 2.22. The molecule has 2 heterocycles. The number of hydrogen-bond donors (Lipinski definition) is 0. The predicted molar refractivity (Wildman–Crippen MR) is 85.5 cm³/mol. The van der Waals surface area contributed by atoms with Crippen molar-refractivity contribution in [2.75, 3.05) is 6.61 Å². The van der Waals surface area contributed by atoms with Gasteiger partial charge in [-0.1, -0.05) is 17.3 Å². The fourth-order valence-electron chi connectivity index (χ4n) is 2.48. The van der Waals surface area contributed by atoms with Crippen molar-refractivity contribution in [3.05, 3.63) is 30.5 Å². The van der Waals surface area contributed by atoms with E-state index in [1.54, 1.807) is 4.68 Å². The van der Waals surface area contributed by atoms with Crippen LogP contribution >= 0.6 is 0 Å². The average molecular weight is 299 g/mol. The Bertz CT molecular complexity index is 759. The van der Waals surface area contributed by atoms with Crippen molar-refractivity contribution in [3.8, 4) is 11.5 Å². The van der Waals surface area contributed by atoms with Crippen LogP contribution in [0.4, 0.5) is 0 Å². The Morgan fingerprint density at radius 3 is 2.82 bits per heavy atom. The number of fused-ring (bicyclic) bond motifs is 1. The van der Waals surface area contributed by atoms with Gasteiger partial charge in [-0.05, 0) is 32.9 Å². The number of aryl methyl sites for hydroxylation is 1. The lowest BCUT2D eigenvalue weighted by atomic mass is 10.3. The van der Waals surface area contributed by atoms with E-state index in [1.165, 1.54) is 0 Å². The molecular weight excluding hydrogens is 278 g/mol. The van der Waals surface area contributed by atoms with Gasteiger partial charge in [0.1, 0.15) is 5.69 Å². The number of benzene rings is 1. The van der Waals surface area contributed by atoms with Crippen LogP contribution in [0.1, 0.15) is 20.8 Å². The Morgan fingerprint density at radius 2 is 2.05 bits per heavy atom. The lowest BCUT2D eigenvalue weighted by Gasteiger charge is -2.06. The second kappa shape index (κ2) is 6.27. The molecule has 3 rings (SSSR count). The summed E-state index contributed by atoms with van der Waals surface area (Å²) in [7, 11) is 0. The summed E-state index contributed by atoms with van der Waals surface area (Å²) in [6.45, 7) is 8.33. The van der Waals surface area contributed by atoms with Crippen molar-refractivity contribution < 1.29 is 4.74 Å². The van der Waals surface area contributed by atoms with Gasteiger partial charge in [0.2, 0.25) is 0 Å². The summed E-state index contributed by atoms with van der Waals surface area (Å²) in [5, 5.41) is 8.43. The molecule has 2 aromatic heterocycles. The van der Waals surface area contributed by atoms with Crippen molar-refractivity contribution in [1.29, 1.82) is 0 Å². The minimum Gasteiger partial charge on any atom is -0.377 e. The van der Waals surface area contributed by atoms with Gasteiger partial charge < -0.3 is 9.30 Å². The molecule has 6 heteroatoms. The van der Waals surface area contributed by atoms with E-state index in [2.05, 4.69) is 27.9 Å². The Balaban J connectivity index is 1.87. The minimum atomic E-state index is 0.229. The Hall–Kier alpha value is -2.21. The number of rotatable bonds is 6. The summed E-state index contributed by atoms with van der Waals surface area (Å²) in [4.78, 5) is 4.69. The first-order valence-corrected chi connectivity index (χ1v) is 7.66. The van der Waals surface area contributed by atoms with Crippen molar-refractivity contribution in [2.45, 2.75) is 40.0 Å². The molecule has 0 aliphatic rings. The van der Waals surface area contributed by atoms with Gasteiger partial charge in [0, 0.05) is 6.54 Å². The second-order valence-corrected chi connectivity index (χ2v) is 5.45. The lowest BCUT2D eigenvalue weighted by Crippen LogP contribution is -2.10. The average Bonchev–Trinajstić information content (AvgIpc) is 3.10. The topological polar surface area (TPSA) is 57.8 Å². The van der Waals surface area contributed by atoms with E-state index in [0.29, 0.717) is 13.2 Å². The van der Waals surface area contributed by atoms with Gasteiger partial charge in [-0.25, -0.2) is 9.67 Å². The number of imidazole rings is 1. The lowest BCUT2D eigenvalue weighted by molar-refractivity contribution is 0.0707. The van der Waals surface area contributed by atoms with Gasteiger partial charge in [-0.3, -0.25) is 0 Å². The largest absolute Gasteiger partial charge is 0.377 e. The van der Waals surface area contributed by atoms with E-state index >= 15 is 0 Å². The van der Waals surface area contributed by atoms with Gasteiger partial charge in [0.15, 0.2) is 5.82 Å². The molecule has 116 valence electrons. The summed E-state index contributed by atoms with van der Waals surface area (Å²) >= 11 is 0. The Kier molecular flexibility index (Phi) is 4.20. The third-order valence-corrected chi connectivity index (χ3v) is 3.51. The zero-order valence-electron chi connectivity index (χ0n) is 13.2. The number of ether oxygens (including phenoxy) is 1. The van der Waals surface area contributed by atoms with Crippen LogP contribution in [-0.2, 0) is 17.8 Å². The molecule has 22 heavy (non-hydrogen) atoms. The number of hydrogen-bond acceptors (Lipinski definition) is 4. The van der Waals surface area contributed by atoms with E-state index in [1.807, 2.05) is 38.2 Å². The first-order chi connectivity index (χ1) is 10.7. The van der Waals surface area contributed by atoms with Gasteiger partial charge in [-0.2, -0.15) is 0 Å². The maximum absolute atomic E-state index is 5.54. The van der Waals surface area contributed by atoms with Crippen LogP contribution in [0.3, 0.4) is 0 Å². The molecule has 1 aromatic carbocycles. The highest BCUT2D eigenvalue weighted by atomic mass is 16.5. The van der Waals surface area contributed by atoms with Crippen LogP contribution in [0, 0.1) is 0 Å². The maximum atomic E-state index is 5.54. The Labute approximate surface area is 129 Å². The summed E-state index contributed by atoms with van der Waals surface area (Å²) < 4.78 is 9.51. The molecule has 0 saturated heterocycles. The fraction of sp³-hybridized carbons (Fsp3) is 0.438. The smallest absolute Gasteiger partial charge is 0.163 e. The molecule has 3 aromatic rings. The van der Waals surface area contributed by atoms with E-state index in [4.69, 9.17) is 9.72 Å². The van der Waals surface area contributed by atoms with Crippen molar-refractivity contribution in [3.63, 3.8) is 0 Å². The van der Waals surface area contributed by atoms with Gasteiger partial charge in [-0.15, -0.1) is 5.10 Å². The summed E-state index contributed by atoms with van der Waals surface area (Å²) in [5.41, 5.74) is 2.90. The standard InChI is InChI=1S/C16H21N5O/c1-4-21-15-8-6-5-7-13(15)17-16(21)14-11-20(19-18-14)9-10-22-12(2)3/h5-8,11-12H,4,9-10H2,1-3H3.